The summed E-state index contributed by atoms with van der Waals surface area (Å²) >= 11 is 0. The molecule has 0 saturated heterocycles. The quantitative estimate of drug-likeness (QED) is 0.652. The summed E-state index contributed by atoms with van der Waals surface area (Å²) in [5, 5.41) is 6.13. The van der Waals surface area contributed by atoms with E-state index < -0.39 is 0 Å². The van der Waals surface area contributed by atoms with Crippen LogP contribution in [0.1, 0.15) is 35.5 Å². The minimum atomic E-state index is -0.325. The molecule has 2 heterocycles. The summed E-state index contributed by atoms with van der Waals surface area (Å²) in [5.41, 5.74) is 4.25. The van der Waals surface area contributed by atoms with Gasteiger partial charge in [0.15, 0.2) is 11.5 Å². The van der Waals surface area contributed by atoms with Crippen molar-refractivity contribution in [2.45, 2.75) is 26.7 Å². The highest BCUT2D eigenvalue weighted by atomic mass is 16.7. The van der Waals surface area contributed by atoms with E-state index >= 15 is 0 Å². The Morgan fingerprint density at radius 1 is 1.03 bits per heavy atom. The van der Waals surface area contributed by atoms with Gasteiger partial charge in [0.05, 0.1) is 0 Å². The second kappa shape index (κ2) is 8.18. The van der Waals surface area contributed by atoms with Gasteiger partial charge in [-0.25, -0.2) is 9.97 Å². The molecule has 1 aromatic heterocycles. The van der Waals surface area contributed by atoms with Crippen molar-refractivity contribution in [3.8, 4) is 11.5 Å². The summed E-state index contributed by atoms with van der Waals surface area (Å²) in [6, 6.07) is 13.1. The third kappa shape index (κ3) is 3.99. The fourth-order valence-corrected chi connectivity index (χ4v) is 3.23. The van der Waals surface area contributed by atoms with Gasteiger partial charge in [-0.1, -0.05) is 32.0 Å². The molecule has 29 heavy (non-hydrogen) atoms. The lowest BCUT2D eigenvalue weighted by atomic mass is 10.0. The number of aromatic nitrogens is 2. The SMILES string of the molecule is CCc1cccc(CC)c1Nc1nccc(C(=O)Nc2ccc3c(c2)OCO3)n1. The van der Waals surface area contributed by atoms with Gasteiger partial charge < -0.3 is 20.1 Å². The fourth-order valence-electron chi connectivity index (χ4n) is 3.23. The maximum absolute atomic E-state index is 12.7. The van der Waals surface area contributed by atoms with E-state index in [1.807, 2.05) is 0 Å². The second-order valence-electron chi connectivity index (χ2n) is 6.57. The van der Waals surface area contributed by atoms with E-state index in [0.29, 0.717) is 23.1 Å². The Bertz CT molecular complexity index is 1030. The van der Waals surface area contributed by atoms with Crippen molar-refractivity contribution in [2.75, 3.05) is 17.4 Å². The molecule has 0 aliphatic carbocycles. The number of aryl methyl sites for hydroxylation is 2. The molecule has 4 rings (SSSR count). The number of rotatable bonds is 6. The van der Waals surface area contributed by atoms with Gasteiger partial charge in [-0.3, -0.25) is 4.79 Å². The number of benzene rings is 2. The summed E-state index contributed by atoms with van der Waals surface area (Å²) < 4.78 is 10.6. The number of nitrogens with one attached hydrogen (secondary N) is 2. The van der Waals surface area contributed by atoms with Crippen molar-refractivity contribution < 1.29 is 14.3 Å². The lowest BCUT2D eigenvalue weighted by molar-refractivity contribution is 0.102. The van der Waals surface area contributed by atoms with E-state index in [-0.39, 0.29) is 18.4 Å². The first-order valence-electron chi connectivity index (χ1n) is 9.59. The monoisotopic (exact) mass is 390 g/mol. The van der Waals surface area contributed by atoms with Gasteiger partial charge in [-0.05, 0) is 42.2 Å². The largest absolute Gasteiger partial charge is 0.454 e. The molecule has 1 aliphatic heterocycles. The summed E-state index contributed by atoms with van der Waals surface area (Å²) in [7, 11) is 0. The number of hydrogen-bond acceptors (Lipinski definition) is 6. The van der Waals surface area contributed by atoms with Crippen LogP contribution in [0.25, 0.3) is 0 Å². The molecule has 148 valence electrons. The number of nitrogens with zero attached hydrogens (tertiary/aromatic N) is 2. The van der Waals surface area contributed by atoms with Gasteiger partial charge in [0.25, 0.3) is 5.91 Å². The predicted molar refractivity (Wildman–Crippen MR) is 111 cm³/mol. The Balaban J connectivity index is 1.54. The standard InChI is InChI=1S/C22H22N4O3/c1-3-14-6-5-7-15(4-2)20(14)26-22-23-11-10-17(25-22)21(27)24-16-8-9-18-19(12-16)29-13-28-18/h5-12H,3-4,13H2,1-2H3,(H,24,27)(H,23,25,26). The first kappa shape index (κ1) is 18.7. The number of carbonyl (C=O) groups is 1. The Hall–Kier alpha value is -3.61. The van der Waals surface area contributed by atoms with E-state index in [1.165, 1.54) is 11.1 Å². The zero-order valence-corrected chi connectivity index (χ0v) is 16.4. The first-order chi connectivity index (χ1) is 14.2. The maximum atomic E-state index is 12.7. The highest BCUT2D eigenvalue weighted by molar-refractivity contribution is 6.03. The number of ether oxygens (including phenoxy) is 2. The number of hydrogen-bond donors (Lipinski definition) is 2. The van der Waals surface area contributed by atoms with E-state index in [1.54, 1.807) is 30.5 Å². The van der Waals surface area contributed by atoms with Crippen LogP contribution in [0.5, 0.6) is 11.5 Å². The molecule has 0 fully saturated rings. The van der Waals surface area contributed by atoms with Gasteiger partial charge >= 0.3 is 0 Å². The lowest BCUT2D eigenvalue weighted by Gasteiger charge is -2.14. The normalized spacial score (nSPS) is 11.9. The molecular weight excluding hydrogens is 368 g/mol. The molecule has 0 bridgehead atoms. The first-order valence-corrected chi connectivity index (χ1v) is 9.59. The van der Waals surface area contributed by atoms with Crippen LogP contribution in [0.2, 0.25) is 0 Å². The van der Waals surface area contributed by atoms with Crippen LogP contribution in [0, 0.1) is 0 Å². The van der Waals surface area contributed by atoms with Crippen molar-refractivity contribution in [1.29, 1.82) is 0 Å². The van der Waals surface area contributed by atoms with Crippen LogP contribution in [0.4, 0.5) is 17.3 Å². The minimum Gasteiger partial charge on any atom is -0.454 e. The summed E-state index contributed by atoms with van der Waals surface area (Å²) in [6.45, 7) is 4.40. The Kier molecular flexibility index (Phi) is 5.29. The van der Waals surface area contributed by atoms with Crippen LogP contribution in [-0.4, -0.2) is 22.7 Å². The summed E-state index contributed by atoms with van der Waals surface area (Å²) in [5.74, 6) is 1.33. The summed E-state index contributed by atoms with van der Waals surface area (Å²) in [6.07, 6.45) is 3.35. The number of fused-ring (bicyclic) bond motifs is 1. The summed E-state index contributed by atoms with van der Waals surface area (Å²) in [4.78, 5) is 21.3. The molecular formula is C22H22N4O3. The molecule has 1 aliphatic rings. The zero-order chi connectivity index (χ0) is 20.2. The molecule has 2 N–H and O–H groups in total. The third-order valence-corrected chi connectivity index (χ3v) is 4.75. The van der Waals surface area contributed by atoms with Crippen molar-refractivity contribution in [2.24, 2.45) is 0 Å². The average molecular weight is 390 g/mol. The highest BCUT2D eigenvalue weighted by Crippen LogP contribution is 2.34. The van der Waals surface area contributed by atoms with Gasteiger partial charge in [0, 0.05) is 23.6 Å². The molecule has 7 heteroatoms. The average Bonchev–Trinajstić information content (AvgIpc) is 3.22. The Morgan fingerprint density at radius 2 is 1.79 bits per heavy atom. The van der Waals surface area contributed by atoms with Crippen LogP contribution in [-0.2, 0) is 12.8 Å². The molecule has 0 radical (unpaired) electrons. The molecule has 7 nitrogen and oxygen atoms in total. The van der Waals surface area contributed by atoms with Crippen LogP contribution < -0.4 is 20.1 Å². The van der Waals surface area contributed by atoms with E-state index in [9.17, 15) is 4.79 Å². The Morgan fingerprint density at radius 3 is 2.55 bits per heavy atom. The van der Waals surface area contributed by atoms with Crippen molar-refractivity contribution in [1.82, 2.24) is 9.97 Å². The topological polar surface area (TPSA) is 85.4 Å². The minimum absolute atomic E-state index is 0.187. The van der Waals surface area contributed by atoms with Gasteiger partial charge in [-0.15, -0.1) is 0 Å². The number of carbonyl (C=O) groups excluding carboxylic acids is 1. The highest BCUT2D eigenvalue weighted by Gasteiger charge is 2.16. The fraction of sp³-hybridized carbons (Fsp3) is 0.227. The lowest BCUT2D eigenvalue weighted by Crippen LogP contribution is -2.15. The van der Waals surface area contributed by atoms with Crippen LogP contribution in [0.3, 0.4) is 0 Å². The Labute approximate surface area is 169 Å². The molecule has 0 saturated carbocycles. The molecule has 3 aromatic rings. The molecule has 0 atom stereocenters. The van der Waals surface area contributed by atoms with E-state index in [4.69, 9.17) is 9.47 Å². The smallest absolute Gasteiger partial charge is 0.274 e. The maximum Gasteiger partial charge on any atom is 0.274 e. The zero-order valence-electron chi connectivity index (χ0n) is 16.4. The van der Waals surface area contributed by atoms with Crippen molar-refractivity contribution in [3.63, 3.8) is 0 Å². The van der Waals surface area contributed by atoms with Crippen molar-refractivity contribution >= 4 is 23.2 Å². The predicted octanol–water partition coefficient (Wildman–Crippen LogP) is 4.33. The van der Waals surface area contributed by atoms with Gasteiger partial charge in [0.2, 0.25) is 12.7 Å². The third-order valence-electron chi connectivity index (χ3n) is 4.75. The van der Waals surface area contributed by atoms with Gasteiger partial charge in [-0.2, -0.15) is 0 Å². The van der Waals surface area contributed by atoms with E-state index in [0.717, 1.165) is 18.5 Å². The van der Waals surface area contributed by atoms with Crippen molar-refractivity contribution in [3.05, 3.63) is 65.5 Å². The van der Waals surface area contributed by atoms with E-state index in [2.05, 4.69) is 52.6 Å². The van der Waals surface area contributed by atoms with Gasteiger partial charge in [0.1, 0.15) is 5.69 Å². The molecule has 0 unspecified atom stereocenters. The van der Waals surface area contributed by atoms with Crippen LogP contribution in [0.15, 0.2) is 48.7 Å². The molecule has 2 aromatic carbocycles. The molecule has 1 amide bonds. The van der Waals surface area contributed by atoms with Crippen LogP contribution >= 0.6 is 0 Å². The second-order valence-corrected chi connectivity index (χ2v) is 6.57. The number of amides is 1. The number of para-hydroxylation sites is 1. The molecule has 0 spiro atoms. The number of anilines is 3.